The van der Waals surface area contributed by atoms with Crippen LogP contribution in [0.15, 0.2) is 0 Å². The van der Waals surface area contributed by atoms with Crippen molar-refractivity contribution in [2.75, 3.05) is 39.0 Å². The van der Waals surface area contributed by atoms with Gasteiger partial charge in [-0.05, 0) is 6.92 Å². The van der Waals surface area contributed by atoms with E-state index in [1.807, 2.05) is 0 Å². The number of hydrogen-bond acceptors (Lipinski definition) is 5. The molecule has 1 rings (SSSR count). The zero-order valence-electron chi connectivity index (χ0n) is 11.6. The molecular formula is C11H20N2O6S. The predicted octanol–water partition coefficient (Wildman–Crippen LogP) is -1.03. The largest absolute Gasteiger partial charge is 0.481 e. The van der Waals surface area contributed by atoms with Gasteiger partial charge in [0.25, 0.3) is 0 Å². The average molecular weight is 308 g/mol. The summed E-state index contributed by atoms with van der Waals surface area (Å²) in [5.41, 5.74) is 0. The minimum atomic E-state index is -3.40. The molecule has 116 valence electrons. The minimum absolute atomic E-state index is 0.0679. The molecule has 1 saturated heterocycles. The quantitative estimate of drug-likeness (QED) is 0.673. The zero-order chi connectivity index (χ0) is 15.3. The van der Waals surface area contributed by atoms with Crippen molar-refractivity contribution in [1.29, 1.82) is 0 Å². The van der Waals surface area contributed by atoms with Gasteiger partial charge < -0.3 is 14.7 Å². The summed E-state index contributed by atoms with van der Waals surface area (Å²) in [6.45, 7) is 2.04. The summed E-state index contributed by atoms with van der Waals surface area (Å²) >= 11 is 0. The number of likely N-dealkylation sites (N-methyl/N-ethyl adjacent to an activating group) is 1. The third kappa shape index (κ3) is 4.73. The van der Waals surface area contributed by atoms with Crippen LogP contribution in [0.2, 0.25) is 0 Å². The molecule has 1 amide bonds. The molecule has 1 N–H and O–H groups in total. The lowest BCUT2D eigenvalue weighted by atomic mass is 10.2. The number of carboxylic acid groups (broad SMARTS) is 1. The molecule has 20 heavy (non-hydrogen) atoms. The Balaban J connectivity index is 2.57. The molecular weight excluding hydrogens is 288 g/mol. The fourth-order valence-corrected chi connectivity index (χ4v) is 2.62. The van der Waals surface area contributed by atoms with E-state index >= 15 is 0 Å². The fourth-order valence-electron chi connectivity index (χ4n) is 1.87. The number of aliphatic carboxylic acids is 1. The Bertz CT molecular complexity index is 464. The second kappa shape index (κ2) is 7.00. The molecule has 8 nitrogen and oxygen atoms in total. The first-order valence-electron chi connectivity index (χ1n) is 6.31. The SMILES string of the molecule is CCS(=O)(=O)N(C)CC(=O)N1CCOC(CC(=O)O)C1. The number of amides is 1. The van der Waals surface area contributed by atoms with Crippen molar-refractivity contribution in [3.8, 4) is 0 Å². The van der Waals surface area contributed by atoms with Crippen LogP contribution >= 0.6 is 0 Å². The Morgan fingerprint density at radius 2 is 2.10 bits per heavy atom. The van der Waals surface area contributed by atoms with Gasteiger partial charge in [0, 0.05) is 20.1 Å². The molecule has 1 atom stereocenters. The van der Waals surface area contributed by atoms with E-state index in [1.54, 1.807) is 0 Å². The van der Waals surface area contributed by atoms with Crippen molar-refractivity contribution in [2.45, 2.75) is 19.4 Å². The predicted molar refractivity (Wildman–Crippen MR) is 70.7 cm³/mol. The van der Waals surface area contributed by atoms with Crippen LogP contribution in [0.1, 0.15) is 13.3 Å². The highest BCUT2D eigenvalue weighted by Gasteiger charge is 2.28. The normalized spacial score (nSPS) is 20.1. The lowest BCUT2D eigenvalue weighted by molar-refractivity contribution is -0.147. The van der Waals surface area contributed by atoms with E-state index in [4.69, 9.17) is 9.84 Å². The molecule has 1 aliphatic rings. The second-order valence-corrected chi connectivity index (χ2v) is 6.95. The van der Waals surface area contributed by atoms with Gasteiger partial charge >= 0.3 is 5.97 Å². The van der Waals surface area contributed by atoms with E-state index < -0.39 is 22.1 Å². The lowest BCUT2D eigenvalue weighted by Gasteiger charge is -2.33. The Kier molecular flexibility index (Phi) is 5.90. The molecule has 0 aliphatic carbocycles. The molecule has 9 heteroatoms. The summed E-state index contributed by atoms with van der Waals surface area (Å²) in [5.74, 6) is -1.40. The Morgan fingerprint density at radius 1 is 1.45 bits per heavy atom. The maximum atomic E-state index is 12.0. The van der Waals surface area contributed by atoms with Crippen LogP contribution in [0, 0.1) is 0 Å². The molecule has 1 fully saturated rings. The van der Waals surface area contributed by atoms with E-state index in [-0.39, 0.29) is 37.8 Å². The van der Waals surface area contributed by atoms with Crippen LogP contribution in [-0.2, 0) is 24.3 Å². The number of rotatable bonds is 6. The van der Waals surface area contributed by atoms with E-state index in [1.165, 1.54) is 18.9 Å². The lowest BCUT2D eigenvalue weighted by Crippen LogP contribution is -2.49. The number of ether oxygens (including phenoxy) is 1. The second-order valence-electron chi connectivity index (χ2n) is 4.59. The van der Waals surface area contributed by atoms with E-state index in [9.17, 15) is 18.0 Å². The molecule has 0 bridgehead atoms. The number of nitrogens with zero attached hydrogens (tertiary/aromatic N) is 2. The van der Waals surface area contributed by atoms with Gasteiger partial charge in [-0.3, -0.25) is 9.59 Å². The highest BCUT2D eigenvalue weighted by atomic mass is 32.2. The number of morpholine rings is 1. The van der Waals surface area contributed by atoms with Gasteiger partial charge in [0.05, 0.1) is 31.4 Å². The van der Waals surface area contributed by atoms with Crippen molar-refractivity contribution in [3.63, 3.8) is 0 Å². The maximum Gasteiger partial charge on any atom is 0.306 e. The Labute approximate surface area is 118 Å². The number of carboxylic acids is 1. The summed E-state index contributed by atoms with van der Waals surface area (Å²) in [6, 6.07) is 0. The average Bonchev–Trinajstić information content (AvgIpc) is 2.38. The summed E-state index contributed by atoms with van der Waals surface area (Å²) < 4.78 is 29.4. The highest BCUT2D eigenvalue weighted by molar-refractivity contribution is 7.89. The summed E-state index contributed by atoms with van der Waals surface area (Å²) in [7, 11) is -2.05. The molecule has 0 radical (unpaired) electrons. The van der Waals surface area contributed by atoms with Gasteiger partial charge in [0.1, 0.15) is 0 Å². The number of sulfonamides is 1. The number of carbonyl (C=O) groups is 2. The van der Waals surface area contributed by atoms with Crippen LogP contribution in [0.3, 0.4) is 0 Å². The van der Waals surface area contributed by atoms with Crippen molar-refractivity contribution in [3.05, 3.63) is 0 Å². The first-order valence-corrected chi connectivity index (χ1v) is 7.92. The number of carbonyl (C=O) groups excluding carboxylic acids is 1. The van der Waals surface area contributed by atoms with Crippen LogP contribution in [0.25, 0.3) is 0 Å². The van der Waals surface area contributed by atoms with Gasteiger partial charge in [-0.25, -0.2) is 8.42 Å². The third-order valence-corrected chi connectivity index (χ3v) is 4.90. The summed E-state index contributed by atoms with van der Waals surface area (Å²) in [6.07, 6.45) is -0.717. The molecule has 1 unspecified atom stereocenters. The maximum absolute atomic E-state index is 12.0. The van der Waals surface area contributed by atoms with Crippen molar-refractivity contribution >= 4 is 21.9 Å². The van der Waals surface area contributed by atoms with E-state index in [2.05, 4.69) is 0 Å². The first-order chi connectivity index (χ1) is 9.26. The molecule has 0 spiro atoms. The highest BCUT2D eigenvalue weighted by Crippen LogP contribution is 2.10. The monoisotopic (exact) mass is 308 g/mol. The minimum Gasteiger partial charge on any atom is -0.481 e. The van der Waals surface area contributed by atoms with E-state index in [0.29, 0.717) is 6.54 Å². The molecule has 0 aromatic rings. The van der Waals surface area contributed by atoms with Gasteiger partial charge in [-0.2, -0.15) is 4.31 Å². The van der Waals surface area contributed by atoms with Crippen LogP contribution in [0.5, 0.6) is 0 Å². The third-order valence-electron chi connectivity index (χ3n) is 3.09. The molecule has 1 heterocycles. The summed E-state index contributed by atoms with van der Waals surface area (Å²) in [5, 5.41) is 8.70. The topological polar surface area (TPSA) is 104 Å². The van der Waals surface area contributed by atoms with Gasteiger partial charge in [0.2, 0.25) is 15.9 Å². The molecule has 0 aromatic carbocycles. The standard InChI is InChI=1S/C11H20N2O6S/c1-3-20(17,18)12(2)8-10(14)13-4-5-19-9(7-13)6-11(15)16/h9H,3-8H2,1-2H3,(H,15,16). The van der Waals surface area contributed by atoms with E-state index in [0.717, 1.165) is 4.31 Å². The van der Waals surface area contributed by atoms with Gasteiger partial charge in [0.15, 0.2) is 0 Å². The molecule has 0 saturated carbocycles. The van der Waals surface area contributed by atoms with Crippen LogP contribution in [-0.4, -0.2) is 79.8 Å². The first kappa shape index (κ1) is 16.9. The van der Waals surface area contributed by atoms with Crippen LogP contribution < -0.4 is 0 Å². The zero-order valence-corrected chi connectivity index (χ0v) is 12.4. The Morgan fingerprint density at radius 3 is 2.65 bits per heavy atom. The Hall–Kier alpha value is -1.19. The van der Waals surface area contributed by atoms with Crippen LogP contribution in [0.4, 0.5) is 0 Å². The van der Waals surface area contributed by atoms with Gasteiger partial charge in [-0.15, -0.1) is 0 Å². The van der Waals surface area contributed by atoms with Crippen molar-refractivity contribution in [2.24, 2.45) is 0 Å². The van der Waals surface area contributed by atoms with Gasteiger partial charge in [-0.1, -0.05) is 0 Å². The fraction of sp³-hybridized carbons (Fsp3) is 0.818. The molecule has 1 aliphatic heterocycles. The van der Waals surface area contributed by atoms with Crippen molar-refractivity contribution < 1.29 is 27.9 Å². The van der Waals surface area contributed by atoms with Crippen molar-refractivity contribution in [1.82, 2.24) is 9.21 Å². The smallest absolute Gasteiger partial charge is 0.306 e. The number of hydrogen-bond donors (Lipinski definition) is 1. The molecule has 0 aromatic heterocycles. The summed E-state index contributed by atoms with van der Waals surface area (Å²) in [4.78, 5) is 24.1.